The molecular weight excluding hydrogens is 424 g/mol. The molecule has 2 saturated carbocycles. The van der Waals surface area contributed by atoms with Gasteiger partial charge in [-0.05, 0) is 54.2 Å². The second-order valence-electron chi connectivity index (χ2n) is 11.1. The molecule has 0 radical (unpaired) electrons. The molecule has 0 nitrogen and oxygen atoms in total. The van der Waals surface area contributed by atoms with Crippen molar-refractivity contribution in [2.75, 3.05) is 0 Å². The lowest BCUT2D eigenvalue weighted by molar-refractivity contribution is -0.140. The van der Waals surface area contributed by atoms with Crippen molar-refractivity contribution in [2.45, 2.75) is 122 Å². The second-order valence-corrected chi connectivity index (χ2v) is 11.1. The van der Waals surface area contributed by atoms with Gasteiger partial charge in [0, 0.05) is 0 Å². The summed E-state index contributed by atoms with van der Waals surface area (Å²) in [7, 11) is 0. The Balaban J connectivity index is 1.28. The molecule has 4 heteroatoms. The van der Waals surface area contributed by atoms with Crippen LogP contribution in [0.4, 0.5) is 17.6 Å². The highest BCUT2D eigenvalue weighted by Crippen LogP contribution is 2.39. The van der Waals surface area contributed by atoms with Crippen molar-refractivity contribution in [1.82, 2.24) is 0 Å². The first kappa shape index (κ1) is 26.5. The molecule has 1 aromatic rings. The molecule has 0 spiro atoms. The van der Waals surface area contributed by atoms with Gasteiger partial charge in [-0.15, -0.1) is 0 Å². The molecule has 0 N–H and O–H groups in total. The van der Waals surface area contributed by atoms with Crippen molar-refractivity contribution in [3.05, 3.63) is 35.1 Å². The standard InChI is InChI=1S/C29H44F4/c1-2-3-4-5-6-22-7-9-23(10-8-22)11-12-24-13-15-25(16-14-24)17-18-26-19-20-27(28(30)21-26)29(31,32)33/h19-25H,2-18H2,1H3. The van der Waals surface area contributed by atoms with Crippen molar-refractivity contribution in [3.8, 4) is 0 Å². The van der Waals surface area contributed by atoms with Crippen LogP contribution in [0.1, 0.15) is 121 Å². The fourth-order valence-corrected chi connectivity index (χ4v) is 6.26. The van der Waals surface area contributed by atoms with Crippen LogP contribution in [-0.4, -0.2) is 0 Å². The van der Waals surface area contributed by atoms with Crippen LogP contribution in [-0.2, 0) is 12.6 Å². The van der Waals surface area contributed by atoms with Crippen LogP contribution in [0.2, 0.25) is 0 Å². The molecule has 0 aromatic heterocycles. The first-order chi connectivity index (χ1) is 15.8. The van der Waals surface area contributed by atoms with Gasteiger partial charge in [0.1, 0.15) is 5.82 Å². The molecule has 188 valence electrons. The van der Waals surface area contributed by atoms with E-state index in [1.807, 2.05) is 0 Å². The summed E-state index contributed by atoms with van der Waals surface area (Å²) in [5.74, 6) is 2.29. The van der Waals surface area contributed by atoms with E-state index < -0.39 is 17.6 Å². The van der Waals surface area contributed by atoms with Gasteiger partial charge in [0.15, 0.2) is 0 Å². The van der Waals surface area contributed by atoms with Crippen molar-refractivity contribution >= 4 is 0 Å². The number of hydrogen-bond donors (Lipinski definition) is 0. The van der Waals surface area contributed by atoms with Crippen LogP contribution in [0, 0.1) is 29.5 Å². The molecule has 2 fully saturated rings. The summed E-state index contributed by atoms with van der Waals surface area (Å²) in [5, 5.41) is 0. The largest absolute Gasteiger partial charge is 0.419 e. The van der Waals surface area contributed by atoms with Gasteiger partial charge in [0.2, 0.25) is 0 Å². The van der Waals surface area contributed by atoms with Gasteiger partial charge in [-0.1, -0.05) is 109 Å². The molecule has 0 heterocycles. The Hall–Kier alpha value is -1.06. The minimum absolute atomic E-state index is 0.634. The van der Waals surface area contributed by atoms with Crippen LogP contribution < -0.4 is 0 Å². The maximum Gasteiger partial charge on any atom is 0.419 e. The SMILES string of the molecule is CCCCCCC1CCC(CCC2CCC(CCc3ccc(C(F)(F)F)c(F)c3)CC2)CC1. The quantitative estimate of drug-likeness (QED) is 0.224. The van der Waals surface area contributed by atoms with Crippen LogP contribution in [0.5, 0.6) is 0 Å². The first-order valence-corrected chi connectivity index (χ1v) is 13.7. The molecule has 0 saturated heterocycles. The third-order valence-corrected chi connectivity index (χ3v) is 8.56. The van der Waals surface area contributed by atoms with Crippen molar-refractivity contribution in [2.24, 2.45) is 23.7 Å². The predicted octanol–water partition coefficient (Wildman–Crippen LogP) is 10.1. The maximum absolute atomic E-state index is 13.8. The van der Waals surface area contributed by atoms with E-state index in [9.17, 15) is 17.6 Å². The zero-order chi connectivity index (χ0) is 23.7. The molecule has 33 heavy (non-hydrogen) atoms. The Bertz CT molecular complexity index is 679. The van der Waals surface area contributed by atoms with E-state index in [1.54, 1.807) is 0 Å². The number of rotatable bonds is 11. The summed E-state index contributed by atoms with van der Waals surface area (Å²) in [5.41, 5.74) is -0.476. The monoisotopic (exact) mass is 468 g/mol. The molecule has 2 aliphatic rings. The van der Waals surface area contributed by atoms with Crippen molar-refractivity contribution < 1.29 is 17.6 Å². The number of aryl methyl sites for hydroxylation is 1. The van der Waals surface area contributed by atoms with E-state index in [0.717, 1.165) is 36.3 Å². The van der Waals surface area contributed by atoms with E-state index in [0.29, 0.717) is 17.9 Å². The lowest BCUT2D eigenvalue weighted by Crippen LogP contribution is -2.18. The van der Waals surface area contributed by atoms with E-state index in [2.05, 4.69) is 6.92 Å². The lowest BCUT2D eigenvalue weighted by atomic mass is 9.74. The molecule has 0 unspecified atom stereocenters. The van der Waals surface area contributed by atoms with Gasteiger partial charge < -0.3 is 0 Å². The Morgan fingerprint density at radius 1 is 0.697 bits per heavy atom. The van der Waals surface area contributed by atoms with Gasteiger partial charge >= 0.3 is 6.18 Å². The smallest absolute Gasteiger partial charge is 0.206 e. The van der Waals surface area contributed by atoms with Crippen LogP contribution >= 0.6 is 0 Å². The number of hydrogen-bond acceptors (Lipinski definition) is 0. The Kier molecular flexibility index (Phi) is 10.6. The number of unbranched alkanes of at least 4 members (excludes halogenated alkanes) is 3. The Morgan fingerprint density at radius 3 is 1.70 bits per heavy atom. The third kappa shape index (κ3) is 8.91. The maximum atomic E-state index is 13.8. The van der Waals surface area contributed by atoms with Gasteiger partial charge in [-0.3, -0.25) is 0 Å². The third-order valence-electron chi connectivity index (χ3n) is 8.56. The average molecular weight is 469 g/mol. The summed E-state index contributed by atoms with van der Waals surface area (Å²) in [6.07, 6.45) is 17.6. The highest BCUT2D eigenvalue weighted by atomic mass is 19.4. The van der Waals surface area contributed by atoms with Crippen LogP contribution in [0.15, 0.2) is 18.2 Å². The van der Waals surface area contributed by atoms with Crippen molar-refractivity contribution in [1.29, 1.82) is 0 Å². The zero-order valence-electron chi connectivity index (χ0n) is 20.6. The van der Waals surface area contributed by atoms with E-state index >= 15 is 0 Å². The highest BCUT2D eigenvalue weighted by Gasteiger charge is 2.34. The van der Waals surface area contributed by atoms with E-state index in [4.69, 9.17) is 0 Å². The average Bonchev–Trinajstić information content (AvgIpc) is 2.80. The molecular formula is C29H44F4. The highest BCUT2D eigenvalue weighted by molar-refractivity contribution is 5.26. The van der Waals surface area contributed by atoms with Gasteiger partial charge in [-0.2, -0.15) is 13.2 Å². The summed E-state index contributed by atoms with van der Waals surface area (Å²) in [6, 6.07) is 3.41. The summed E-state index contributed by atoms with van der Waals surface area (Å²) >= 11 is 0. The molecule has 0 atom stereocenters. The fourth-order valence-electron chi connectivity index (χ4n) is 6.26. The van der Waals surface area contributed by atoms with Gasteiger partial charge in [0.25, 0.3) is 0 Å². The topological polar surface area (TPSA) is 0 Å². The first-order valence-electron chi connectivity index (χ1n) is 13.7. The number of halogens is 4. The molecule has 3 rings (SSSR count). The van der Waals surface area contributed by atoms with E-state index in [1.165, 1.54) is 102 Å². The lowest BCUT2D eigenvalue weighted by Gasteiger charge is -2.32. The fraction of sp³-hybridized carbons (Fsp3) is 0.793. The van der Waals surface area contributed by atoms with Gasteiger partial charge in [-0.25, -0.2) is 4.39 Å². The normalized spacial score (nSPS) is 26.5. The van der Waals surface area contributed by atoms with Gasteiger partial charge in [0.05, 0.1) is 5.56 Å². The Morgan fingerprint density at radius 2 is 1.21 bits per heavy atom. The summed E-state index contributed by atoms with van der Waals surface area (Å²) < 4.78 is 51.9. The second kappa shape index (κ2) is 13.1. The Labute approximate surface area is 198 Å². The number of alkyl halides is 3. The zero-order valence-corrected chi connectivity index (χ0v) is 20.6. The van der Waals surface area contributed by atoms with Crippen LogP contribution in [0.3, 0.4) is 0 Å². The predicted molar refractivity (Wildman–Crippen MR) is 129 cm³/mol. The minimum atomic E-state index is -4.62. The molecule has 0 amide bonds. The molecule has 2 aliphatic carbocycles. The summed E-state index contributed by atoms with van der Waals surface area (Å²) in [6.45, 7) is 2.28. The molecule has 0 aliphatic heterocycles. The van der Waals surface area contributed by atoms with E-state index in [-0.39, 0.29) is 0 Å². The van der Waals surface area contributed by atoms with Crippen molar-refractivity contribution in [3.63, 3.8) is 0 Å². The molecule has 1 aromatic carbocycles. The molecule has 0 bridgehead atoms. The van der Waals surface area contributed by atoms with Crippen LogP contribution in [0.25, 0.3) is 0 Å². The summed E-state index contributed by atoms with van der Waals surface area (Å²) in [4.78, 5) is 0. The number of benzene rings is 1. The minimum Gasteiger partial charge on any atom is -0.206 e.